The Morgan fingerprint density at radius 3 is 2.31 bits per heavy atom. The van der Waals surface area contributed by atoms with Gasteiger partial charge in [0, 0.05) is 15.7 Å². The lowest BCUT2D eigenvalue weighted by Crippen LogP contribution is -2.19. The minimum Gasteiger partial charge on any atom is -0.497 e. The molecule has 0 spiro atoms. The van der Waals surface area contributed by atoms with Gasteiger partial charge in [-0.2, -0.15) is 0 Å². The van der Waals surface area contributed by atoms with Crippen LogP contribution in [-0.4, -0.2) is 22.6 Å². The number of aliphatic imine (C=N–C) groups is 1. The van der Waals surface area contributed by atoms with Gasteiger partial charge in [0.2, 0.25) is 0 Å². The van der Waals surface area contributed by atoms with Gasteiger partial charge < -0.3 is 4.74 Å². The molecular weight excluding hydrogens is 373 g/mol. The third kappa shape index (κ3) is 3.69. The Morgan fingerprint density at radius 1 is 1.12 bits per heavy atom. The molecule has 3 rings (SSSR count). The maximum atomic E-state index is 12.9. The third-order valence-electron chi connectivity index (χ3n) is 3.91. The average Bonchev–Trinajstić information content (AvgIpc) is 2.88. The van der Waals surface area contributed by atoms with E-state index in [1.165, 1.54) is 4.68 Å². The normalized spacial score (nSPS) is 11.7. The summed E-state index contributed by atoms with van der Waals surface area (Å²) in [5, 5.41) is 4.07. The third-order valence-corrected chi connectivity index (χ3v) is 4.34. The Bertz CT molecular complexity index is 1010. The molecule has 0 amide bonds. The number of ether oxygens (including phenoxy) is 1. The molecule has 134 valence electrons. The van der Waals surface area contributed by atoms with E-state index in [4.69, 9.17) is 27.9 Å². The smallest absolute Gasteiger partial charge is 0.280 e. The zero-order chi connectivity index (χ0) is 18.8. The maximum absolute atomic E-state index is 12.9. The topological polar surface area (TPSA) is 59.4 Å². The van der Waals surface area contributed by atoms with Gasteiger partial charge in [0.1, 0.15) is 5.75 Å². The van der Waals surface area contributed by atoms with Gasteiger partial charge in [0.05, 0.1) is 29.8 Å². The zero-order valence-corrected chi connectivity index (χ0v) is 16.0. The van der Waals surface area contributed by atoms with Crippen molar-refractivity contribution in [2.24, 2.45) is 4.99 Å². The molecule has 0 saturated carbocycles. The van der Waals surface area contributed by atoms with E-state index in [9.17, 15) is 4.79 Å². The number of H-pyrrole nitrogens is 1. The summed E-state index contributed by atoms with van der Waals surface area (Å²) in [6.45, 7) is 3.62. The predicted octanol–water partition coefficient (Wildman–Crippen LogP) is 4.93. The molecule has 2 aromatic carbocycles. The minimum absolute atomic E-state index is 0.179. The Balaban J connectivity index is 2.04. The van der Waals surface area contributed by atoms with Crippen LogP contribution >= 0.6 is 23.2 Å². The highest BCUT2D eigenvalue weighted by atomic mass is 35.5. The molecule has 0 aliphatic heterocycles. The summed E-state index contributed by atoms with van der Waals surface area (Å²) in [7, 11) is 1.60. The van der Waals surface area contributed by atoms with Crippen molar-refractivity contribution in [1.29, 1.82) is 0 Å². The van der Waals surface area contributed by atoms with Gasteiger partial charge in [-0.1, -0.05) is 23.2 Å². The number of aryl methyl sites for hydroxylation is 1. The van der Waals surface area contributed by atoms with Gasteiger partial charge in [-0.25, -0.2) is 4.68 Å². The molecule has 0 fully saturated rings. The molecule has 7 heteroatoms. The number of methoxy groups -OCH3 is 1. The molecule has 0 atom stereocenters. The monoisotopic (exact) mass is 389 g/mol. The van der Waals surface area contributed by atoms with E-state index in [1.807, 2.05) is 19.1 Å². The number of nitrogens with one attached hydrogen (secondary N) is 1. The first-order valence-corrected chi connectivity index (χ1v) is 8.62. The lowest BCUT2D eigenvalue weighted by atomic mass is 10.1. The summed E-state index contributed by atoms with van der Waals surface area (Å²) >= 11 is 12.0. The fourth-order valence-electron chi connectivity index (χ4n) is 2.74. The SMILES string of the molecule is COc1ccc(-n2[nH]c(C)c(C(C)=Nc3cc(Cl)cc(Cl)c3)c2=O)cc1. The Morgan fingerprint density at radius 2 is 1.73 bits per heavy atom. The van der Waals surface area contributed by atoms with Crippen molar-refractivity contribution in [2.45, 2.75) is 13.8 Å². The van der Waals surface area contributed by atoms with Crippen LogP contribution in [-0.2, 0) is 0 Å². The van der Waals surface area contributed by atoms with Crippen LogP contribution in [0, 0.1) is 6.92 Å². The average molecular weight is 390 g/mol. The Labute approximate surface area is 160 Å². The first-order valence-electron chi connectivity index (χ1n) is 7.87. The highest BCUT2D eigenvalue weighted by molar-refractivity contribution is 6.35. The van der Waals surface area contributed by atoms with Crippen LogP contribution in [0.4, 0.5) is 5.69 Å². The summed E-state index contributed by atoms with van der Waals surface area (Å²) in [6, 6.07) is 12.2. The van der Waals surface area contributed by atoms with E-state index in [2.05, 4.69) is 10.1 Å². The fraction of sp³-hybridized carbons (Fsp3) is 0.158. The molecule has 1 aromatic heterocycles. The number of benzene rings is 2. The van der Waals surface area contributed by atoms with Crippen LogP contribution in [0.15, 0.2) is 52.3 Å². The first-order chi connectivity index (χ1) is 12.4. The standard InChI is InChI=1S/C19H17Cl2N3O2/c1-11(22-15-9-13(20)8-14(21)10-15)18-12(2)23-24(19(18)25)16-4-6-17(26-3)7-5-16/h4-10,23H,1-3H3. The van der Waals surface area contributed by atoms with E-state index >= 15 is 0 Å². The fourth-order valence-corrected chi connectivity index (χ4v) is 3.25. The minimum atomic E-state index is -0.179. The summed E-state index contributed by atoms with van der Waals surface area (Å²) in [6.07, 6.45) is 0. The van der Waals surface area contributed by atoms with Crippen molar-refractivity contribution in [3.63, 3.8) is 0 Å². The number of hydrogen-bond acceptors (Lipinski definition) is 3. The summed E-state index contributed by atoms with van der Waals surface area (Å²) < 4.78 is 6.63. The number of aromatic nitrogens is 2. The number of halogens is 2. The second-order valence-corrected chi connectivity index (χ2v) is 6.65. The van der Waals surface area contributed by atoms with Crippen molar-refractivity contribution in [3.8, 4) is 11.4 Å². The maximum Gasteiger partial charge on any atom is 0.280 e. The molecule has 5 nitrogen and oxygen atoms in total. The number of hydrogen-bond donors (Lipinski definition) is 1. The van der Waals surface area contributed by atoms with Crippen LogP contribution in [0.2, 0.25) is 10.0 Å². The van der Waals surface area contributed by atoms with E-state index in [0.29, 0.717) is 32.7 Å². The van der Waals surface area contributed by atoms with Crippen LogP contribution in [0.3, 0.4) is 0 Å². The quantitative estimate of drug-likeness (QED) is 0.642. The first kappa shape index (κ1) is 18.3. The highest BCUT2D eigenvalue weighted by Crippen LogP contribution is 2.25. The van der Waals surface area contributed by atoms with Crippen molar-refractivity contribution < 1.29 is 4.74 Å². The number of aromatic amines is 1. The summed E-state index contributed by atoms with van der Waals surface area (Å²) in [4.78, 5) is 17.4. The second kappa shape index (κ2) is 7.40. The lowest BCUT2D eigenvalue weighted by Gasteiger charge is -2.03. The summed E-state index contributed by atoms with van der Waals surface area (Å²) in [5.41, 5.74) is 2.94. The zero-order valence-electron chi connectivity index (χ0n) is 14.5. The molecule has 0 bridgehead atoms. The summed E-state index contributed by atoms with van der Waals surface area (Å²) in [5.74, 6) is 0.723. The molecule has 0 aliphatic rings. The molecule has 0 aliphatic carbocycles. The van der Waals surface area contributed by atoms with E-state index in [1.54, 1.807) is 44.4 Å². The van der Waals surface area contributed by atoms with Crippen molar-refractivity contribution >= 4 is 34.6 Å². The van der Waals surface area contributed by atoms with Gasteiger partial charge >= 0.3 is 0 Å². The largest absolute Gasteiger partial charge is 0.497 e. The van der Waals surface area contributed by atoms with Gasteiger partial charge in [-0.3, -0.25) is 14.9 Å². The van der Waals surface area contributed by atoms with Crippen LogP contribution in [0.5, 0.6) is 5.75 Å². The molecule has 1 N–H and O–H groups in total. The number of rotatable bonds is 4. The molecular formula is C19H17Cl2N3O2. The molecule has 1 heterocycles. The van der Waals surface area contributed by atoms with E-state index in [-0.39, 0.29) is 5.56 Å². The van der Waals surface area contributed by atoms with Crippen molar-refractivity contribution in [2.75, 3.05) is 7.11 Å². The molecule has 3 aromatic rings. The van der Waals surface area contributed by atoms with E-state index in [0.717, 1.165) is 11.4 Å². The molecule has 0 saturated heterocycles. The lowest BCUT2D eigenvalue weighted by molar-refractivity contribution is 0.414. The van der Waals surface area contributed by atoms with E-state index < -0.39 is 0 Å². The van der Waals surface area contributed by atoms with Crippen molar-refractivity contribution in [1.82, 2.24) is 9.78 Å². The van der Waals surface area contributed by atoms with Crippen molar-refractivity contribution in [3.05, 3.63) is 74.1 Å². The van der Waals surface area contributed by atoms with Crippen LogP contribution in [0.25, 0.3) is 5.69 Å². The Kier molecular flexibility index (Phi) is 5.20. The van der Waals surface area contributed by atoms with Gasteiger partial charge in [0.15, 0.2) is 0 Å². The van der Waals surface area contributed by atoms with Gasteiger partial charge in [0.25, 0.3) is 5.56 Å². The predicted molar refractivity (Wildman–Crippen MR) is 106 cm³/mol. The molecule has 26 heavy (non-hydrogen) atoms. The highest BCUT2D eigenvalue weighted by Gasteiger charge is 2.15. The van der Waals surface area contributed by atoms with Gasteiger partial charge in [-0.05, 0) is 56.3 Å². The molecule has 0 radical (unpaired) electrons. The molecule has 0 unspecified atom stereocenters. The van der Waals surface area contributed by atoms with Crippen LogP contribution in [0.1, 0.15) is 18.2 Å². The Hall–Kier alpha value is -2.50. The van der Waals surface area contributed by atoms with Gasteiger partial charge in [-0.15, -0.1) is 0 Å². The second-order valence-electron chi connectivity index (χ2n) is 5.78. The van der Waals surface area contributed by atoms with Crippen LogP contribution < -0.4 is 10.3 Å². The number of nitrogens with zero attached hydrogens (tertiary/aromatic N) is 2.